The number of benzene rings is 1. The lowest BCUT2D eigenvalue weighted by Gasteiger charge is -2.30. The van der Waals surface area contributed by atoms with Gasteiger partial charge in [0.15, 0.2) is 0 Å². The molecule has 4 heteroatoms. The maximum absolute atomic E-state index is 12.3. The number of hydrogen-bond acceptors (Lipinski definition) is 3. The number of nitrogens with zero attached hydrogens (tertiary/aromatic N) is 1. The first kappa shape index (κ1) is 14.0. The Morgan fingerprint density at radius 2 is 2.05 bits per heavy atom. The molecule has 0 saturated carbocycles. The van der Waals surface area contributed by atoms with Gasteiger partial charge in [-0.2, -0.15) is 0 Å². The zero-order valence-electron chi connectivity index (χ0n) is 12.2. The number of aryl methyl sites for hydroxylation is 1. The molecule has 0 bridgehead atoms. The van der Waals surface area contributed by atoms with Gasteiger partial charge < -0.3 is 15.5 Å². The van der Waals surface area contributed by atoms with Gasteiger partial charge in [-0.25, -0.2) is 0 Å². The van der Waals surface area contributed by atoms with Crippen LogP contribution in [0.4, 0.5) is 5.69 Å². The van der Waals surface area contributed by atoms with Gasteiger partial charge >= 0.3 is 0 Å². The molecule has 0 radical (unpaired) electrons. The summed E-state index contributed by atoms with van der Waals surface area (Å²) in [6.07, 6.45) is 0. The molecule has 19 heavy (non-hydrogen) atoms. The van der Waals surface area contributed by atoms with Crippen LogP contribution in [0.3, 0.4) is 0 Å². The molecule has 1 saturated heterocycles. The van der Waals surface area contributed by atoms with E-state index >= 15 is 0 Å². The summed E-state index contributed by atoms with van der Waals surface area (Å²) in [4.78, 5) is 14.4. The number of likely N-dealkylation sites (N-methyl/N-ethyl adjacent to an activating group) is 1. The number of rotatable bonds is 2. The smallest absolute Gasteiger partial charge is 0.242 e. The largest absolute Gasteiger partial charge is 0.324 e. The molecule has 1 aliphatic heterocycles. The maximum atomic E-state index is 12.3. The van der Waals surface area contributed by atoms with Crippen LogP contribution in [-0.4, -0.2) is 43.5 Å². The molecule has 1 fully saturated rings. The van der Waals surface area contributed by atoms with Crippen LogP contribution in [0.15, 0.2) is 12.1 Å². The molecule has 104 valence electrons. The summed E-state index contributed by atoms with van der Waals surface area (Å²) in [6, 6.07) is 3.92. The molecule has 4 nitrogen and oxygen atoms in total. The van der Waals surface area contributed by atoms with E-state index in [-0.39, 0.29) is 11.9 Å². The van der Waals surface area contributed by atoms with Crippen molar-refractivity contribution in [1.82, 2.24) is 10.2 Å². The first-order valence-corrected chi connectivity index (χ1v) is 6.78. The van der Waals surface area contributed by atoms with Gasteiger partial charge in [0.25, 0.3) is 0 Å². The number of carbonyl (C=O) groups excluding carboxylic acids is 1. The van der Waals surface area contributed by atoms with Crippen LogP contribution in [0.25, 0.3) is 0 Å². The highest BCUT2D eigenvalue weighted by Crippen LogP contribution is 2.21. The van der Waals surface area contributed by atoms with Crippen molar-refractivity contribution in [1.29, 1.82) is 0 Å². The van der Waals surface area contributed by atoms with Crippen molar-refractivity contribution >= 4 is 11.6 Å². The zero-order valence-corrected chi connectivity index (χ0v) is 12.2. The van der Waals surface area contributed by atoms with Crippen molar-refractivity contribution in [2.24, 2.45) is 0 Å². The molecule has 2 rings (SSSR count). The molecule has 1 heterocycles. The van der Waals surface area contributed by atoms with Crippen LogP contribution < -0.4 is 10.6 Å². The molecule has 1 aliphatic rings. The van der Waals surface area contributed by atoms with E-state index in [1.165, 1.54) is 11.1 Å². The topological polar surface area (TPSA) is 44.4 Å². The number of carbonyl (C=O) groups is 1. The van der Waals surface area contributed by atoms with Crippen molar-refractivity contribution in [3.63, 3.8) is 0 Å². The predicted molar refractivity (Wildman–Crippen MR) is 78.6 cm³/mol. The lowest BCUT2D eigenvalue weighted by atomic mass is 10.0. The summed E-state index contributed by atoms with van der Waals surface area (Å²) in [6.45, 7) is 8.85. The highest BCUT2D eigenvalue weighted by atomic mass is 16.2. The minimum atomic E-state index is -0.125. The molecule has 1 aromatic rings. The minimum absolute atomic E-state index is 0.0536. The third-order valence-electron chi connectivity index (χ3n) is 4.01. The van der Waals surface area contributed by atoms with Crippen molar-refractivity contribution in [3.8, 4) is 0 Å². The molecule has 1 amide bonds. The van der Waals surface area contributed by atoms with E-state index in [9.17, 15) is 4.79 Å². The van der Waals surface area contributed by atoms with Crippen molar-refractivity contribution in [2.45, 2.75) is 26.8 Å². The average molecular weight is 261 g/mol. The average Bonchev–Trinajstić information content (AvgIpc) is 2.39. The Bertz CT molecular complexity index is 485. The van der Waals surface area contributed by atoms with Crippen LogP contribution in [0.2, 0.25) is 0 Å². The summed E-state index contributed by atoms with van der Waals surface area (Å²) in [7, 11) is 2.04. The molecular formula is C15H23N3O. The fourth-order valence-electron chi connectivity index (χ4n) is 2.38. The summed E-state index contributed by atoms with van der Waals surface area (Å²) in [5.41, 5.74) is 4.57. The highest BCUT2D eigenvalue weighted by Gasteiger charge is 2.23. The van der Waals surface area contributed by atoms with E-state index in [0.29, 0.717) is 0 Å². The Morgan fingerprint density at radius 3 is 2.74 bits per heavy atom. The molecule has 2 N–H and O–H groups in total. The normalized spacial score (nSPS) is 20.3. The first-order chi connectivity index (χ1) is 8.99. The second kappa shape index (κ2) is 5.72. The van der Waals surface area contributed by atoms with Gasteiger partial charge in [-0.05, 0) is 50.6 Å². The van der Waals surface area contributed by atoms with Gasteiger partial charge in [0.05, 0.1) is 6.04 Å². The van der Waals surface area contributed by atoms with Gasteiger partial charge in [0, 0.05) is 25.3 Å². The van der Waals surface area contributed by atoms with Crippen molar-refractivity contribution in [3.05, 3.63) is 28.8 Å². The van der Waals surface area contributed by atoms with E-state index in [2.05, 4.69) is 42.4 Å². The first-order valence-electron chi connectivity index (χ1n) is 6.78. The Labute approximate surface area is 115 Å². The quantitative estimate of drug-likeness (QED) is 0.847. The fraction of sp³-hybridized carbons (Fsp3) is 0.533. The third kappa shape index (κ3) is 3.14. The highest BCUT2D eigenvalue weighted by molar-refractivity contribution is 5.95. The molecule has 0 aromatic heterocycles. The summed E-state index contributed by atoms with van der Waals surface area (Å²) in [5.74, 6) is 0.0536. The molecule has 1 aromatic carbocycles. The van der Waals surface area contributed by atoms with Crippen molar-refractivity contribution < 1.29 is 4.79 Å². The van der Waals surface area contributed by atoms with Crippen LogP contribution in [0.5, 0.6) is 0 Å². The van der Waals surface area contributed by atoms with E-state index < -0.39 is 0 Å². The number of amides is 1. The van der Waals surface area contributed by atoms with Gasteiger partial charge in [0.2, 0.25) is 5.91 Å². The molecule has 0 aliphatic carbocycles. The predicted octanol–water partition coefficient (Wildman–Crippen LogP) is 1.45. The number of nitrogens with one attached hydrogen (secondary N) is 2. The van der Waals surface area contributed by atoms with Crippen molar-refractivity contribution in [2.75, 3.05) is 32.0 Å². The number of hydrogen-bond donors (Lipinski definition) is 2. The number of anilines is 1. The van der Waals surface area contributed by atoms with E-state index in [4.69, 9.17) is 0 Å². The van der Waals surface area contributed by atoms with E-state index in [1.807, 2.05) is 13.1 Å². The lowest BCUT2D eigenvalue weighted by Crippen LogP contribution is -2.54. The summed E-state index contributed by atoms with van der Waals surface area (Å²) < 4.78 is 0. The minimum Gasteiger partial charge on any atom is -0.324 e. The van der Waals surface area contributed by atoms with Gasteiger partial charge in [0.1, 0.15) is 0 Å². The maximum Gasteiger partial charge on any atom is 0.242 e. The molecular weight excluding hydrogens is 238 g/mol. The summed E-state index contributed by atoms with van der Waals surface area (Å²) in [5, 5.41) is 6.30. The van der Waals surface area contributed by atoms with Crippen LogP contribution >= 0.6 is 0 Å². The lowest BCUT2D eigenvalue weighted by molar-refractivity contribution is -0.119. The fourth-order valence-corrected chi connectivity index (χ4v) is 2.38. The van der Waals surface area contributed by atoms with Crippen LogP contribution in [-0.2, 0) is 4.79 Å². The van der Waals surface area contributed by atoms with Crippen LogP contribution in [0, 0.1) is 20.8 Å². The standard InChI is InChI=1S/C15H23N3O/c1-10-5-6-13(12(3)11(10)2)17-15(19)14-9-18(4)8-7-16-14/h5-6,14,16H,7-9H2,1-4H3,(H,17,19). The van der Waals surface area contributed by atoms with Gasteiger partial charge in [-0.3, -0.25) is 4.79 Å². The van der Waals surface area contributed by atoms with Gasteiger partial charge in [-0.15, -0.1) is 0 Å². The molecule has 1 atom stereocenters. The number of piperazine rings is 1. The Hall–Kier alpha value is -1.39. The Kier molecular flexibility index (Phi) is 4.22. The van der Waals surface area contributed by atoms with Crippen LogP contribution in [0.1, 0.15) is 16.7 Å². The zero-order chi connectivity index (χ0) is 14.0. The second-order valence-electron chi connectivity index (χ2n) is 5.44. The van der Waals surface area contributed by atoms with Gasteiger partial charge in [-0.1, -0.05) is 6.07 Å². The molecule has 1 unspecified atom stereocenters. The molecule has 0 spiro atoms. The van der Waals surface area contributed by atoms with E-state index in [0.717, 1.165) is 30.9 Å². The Balaban J connectivity index is 2.08. The monoisotopic (exact) mass is 261 g/mol. The van der Waals surface area contributed by atoms with E-state index in [1.54, 1.807) is 0 Å². The second-order valence-corrected chi connectivity index (χ2v) is 5.44. The SMILES string of the molecule is Cc1ccc(NC(=O)C2CN(C)CCN2)c(C)c1C. The summed E-state index contributed by atoms with van der Waals surface area (Å²) >= 11 is 0. The third-order valence-corrected chi connectivity index (χ3v) is 4.01. The Morgan fingerprint density at radius 1 is 1.32 bits per heavy atom.